The Kier molecular flexibility index (Phi) is 4.34. The van der Waals surface area contributed by atoms with Gasteiger partial charge in [-0.25, -0.2) is 0 Å². The summed E-state index contributed by atoms with van der Waals surface area (Å²) >= 11 is 5.43. The first kappa shape index (κ1) is 11.7. The molecule has 86 valence electrons. The summed E-state index contributed by atoms with van der Waals surface area (Å²) in [5.74, 6) is 0.696. The van der Waals surface area contributed by atoms with Crippen LogP contribution in [-0.2, 0) is 4.74 Å². The number of ether oxygens (including phenoxy) is 1. The Bertz CT molecular complexity index is 250. The van der Waals surface area contributed by atoms with Crippen LogP contribution in [0.15, 0.2) is 4.99 Å². The summed E-state index contributed by atoms with van der Waals surface area (Å²) in [6, 6.07) is 0. The molecule has 0 spiro atoms. The fourth-order valence-electron chi connectivity index (χ4n) is 2.04. The quantitative estimate of drug-likeness (QED) is 0.742. The van der Waals surface area contributed by atoms with Gasteiger partial charge in [0.05, 0.1) is 13.2 Å². The molecule has 0 aliphatic carbocycles. The van der Waals surface area contributed by atoms with Gasteiger partial charge in [-0.05, 0) is 6.42 Å². The summed E-state index contributed by atoms with van der Waals surface area (Å²) < 4.78 is 5.20. The number of alkyl halides is 1. The van der Waals surface area contributed by atoms with Crippen LogP contribution in [-0.4, -0.2) is 54.0 Å². The number of rotatable bonds is 3. The van der Waals surface area contributed by atoms with Crippen LogP contribution >= 0.6 is 27.7 Å². The summed E-state index contributed by atoms with van der Waals surface area (Å²) in [5, 5.41) is 2.93. The van der Waals surface area contributed by atoms with Crippen molar-refractivity contribution in [2.45, 2.75) is 11.7 Å². The first-order valence-corrected chi connectivity index (χ1v) is 7.34. The summed E-state index contributed by atoms with van der Waals surface area (Å²) in [6.45, 7) is 4.12. The zero-order chi connectivity index (χ0) is 10.7. The van der Waals surface area contributed by atoms with Crippen molar-refractivity contribution in [2.24, 2.45) is 10.9 Å². The SMILES string of the molecule is COCC1CCN(C2=NCC(CBr)S2)C1. The highest BCUT2D eigenvalue weighted by molar-refractivity contribution is 9.09. The first-order valence-electron chi connectivity index (χ1n) is 5.34. The van der Waals surface area contributed by atoms with Gasteiger partial charge in [-0.3, -0.25) is 4.99 Å². The minimum absolute atomic E-state index is 0.640. The van der Waals surface area contributed by atoms with E-state index < -0.39 is 0 Å². The predicted octanol–water partition coefficient (Wildman–Crippen LogP) is 1.82. The van der Waals surface area contributed by atoms with E-state index in [1.165, 1.54) is 11.6 Å². The molecule has 15 heavy (non-hydrogen) atoms. The van der Waals surface area contributed by atoms with Crippen LogP contribution in [0.3, 0.4) is 0 Å². The van der Waals surface area contributed by atoms with Gasteiger partial charge in [0, 0.05) is 36.7 Å². The van der Waals surface area contributed by atoms with Gasteiger partial charge < -0.3 is 9.64 Å². The van der Waals surface area contributed by atoms with Crippen molar-refractivity contribution in [1.29, 1.82) is 0 Å². The Hall–Kier alpha value is 0.260. The second kappa shape index (κ2) is 5.55. The Morgan fingerprint density at radius 3 is 3.20 bits per heavy atom. The van der Waals surface area contributed by atoms with Crippen molar-refractivity contribution < 1.29 is 4.74 Å². The van der Waals surface area contributed by atoms with Gasteiger partial charge in [-0.2, -0.15) is 0 Å². The van der Waals surface area contributed by atoms with Gasteiger partial charge in [0.1, 0.15) is 0 Å². The van der Waals surface area contributed by atoms with E-state index >= 15 is 0 Å². The molecule has 1 saturated heterocycles. The predicted molar refractivity (Wildman–Crippen MR) is 69.0 cm³/mol. The van der Waals surface area contributed by atoms with Crippen molar-refractivity contribution in [2.75, 3.05) is 38.7 Å². The van der Waals surface area contributed by atoms with Gasteiger partial charge in [0.15, 0.2) is 5.17 Å². The Morgan fingerprint density at radius 1 is 1.67 bits per heavy atom. The first-order chi connectivity index (χ1) is 7.33. The molecule has 0 saturated carbocycles. The van der Waals surface area contributed by atoms with E-state index in [1.807, 2.05) is 11.8 Å². The maximum Gasteiger partial charge on any atom is 0.159 e. The van der Waals surface area contributed by atoms with Crippen molar-refractivity contribution in [3.63, 3.8) is 0 Å². The largest absolute Gasteiger partial charge is 0.384 e. The molecule has 1 fully saturated rings. The lowest BCUT2D eigenvalue weighted by Gasteiger charge is -2.17. The third-order valence-corrected chi connectivity index (χ3v) is 5.29. The fraction of sp³-hybridized carbons (Fsp3) is 0.900. The van der Waals surface area contributed by atoms with E-state index in [4.69, 9.17) is 4.74 Å². The van der Waals surface area contributed by atoms with Crippen LogP contribution in [0.5, 0.6) is 0 Å². The number of methoxy groups -OCH3 is 1. The molecule has 0 radical (unpaired) electrons. The lowest BCUT2D eigenvalue weighted by Crippen LogP contribution is -2.26. The molecule has 2 aliphatic rings. The second-order valence-electron chi connectivity index (χ2n) is 4.07. The zero-order valence-corrected chi connectivity index (χ0v) is 11.4. The molecule has 0 aromatic heterocycles. The smallest absolute Gasteiger partial charge is 0.159 e. The molecule has 2 rings (SSSR count). The molecular weight excluding hydrogens is 276 g/mol. The Labute approximate surface area is 104 Å². The molecule has 0 N–H and O–H groups in total. The molecule has 5 heteroatoms. The average Bonchev–Trinajstić information content (AvgIpc) is 2.85. The minimum atomic E-state index is 0.640. The second-order valence-corrected chi connectivity index (χ2v) is 5.99. The summed E-state index contributed by atoms with van der Waals surface area (Å²) in [7, 11) is 1.78. The number of thioether (sulfide) groups is 1. The molecular formula is C10H17BrN2OS. The van der Waals surface area contributed by atoms with E-state index in [0.717, 1.165) is 31.6 Å². The van der Waals surface area contributed by atoms with Crippen molar-refractivity contribution in [1.82, 2.24) is 4.90 Å². The van der Waals surface area contributed by atoms with Crippen LogP contribution in [0, 0.1) is 5.92 Å². The number of likely N-dealkylation sites (tertiary alicyclic amines) is 1. The normalized spacial score (nSPS) is 31.1. The lowest BCUT2D eigenvalue weighted by molar-refractivity contribution is 0.157. The van der Waals surface area contributed by atoms with Gasteiger partial charge >= 0.3 is 0 Å². The Morgan fingerprint density at radius 2 is 2.53 bits per heavy atom. The number of halogens is 1. The van der Waals surface area contributed by atoms with Crippen molar-refractivity contribution in [3.05, 3.63) is 0 Å². The highest BCUT2D eigenvalue weighted by atomic mass is 79.9. The van der Waals surface area contributed by atoms with E-state index in [2.05, 4.69) is 25.8 Å². The number of hydrogen-bond donors (Lipinski definition) is 0. The van der Waals surface area contributed by atoms with Crippen LogP contribution < -0.4 is 0 Å². The molecule has 2 aliphatic heterocycles. The van der Waals surface area contributed by atoms with Gasteiger partial charge in [0.25, 0.3) is 0 Å². The maximum atomic E-state index is 5.20. The van der Waals surface area contributed by atoms with E-state index in [9.17, 15) is 0 Å². The van der Waals surface area contributed by atoms with Gasteiger partial charge in [-0.1, -0.05) is 27.7 Å². The number of aliphatic imine (C=N–C) groups is 1. The zero-order valence-electron chi connectivity index (χ0n) is 8.99. The van der Waals surface area contributed by atoms with Gasteiger partial charge in [-0.15, -0.1) is 0 Å². The molecule has 0 aromatic carbocycles. The van der Waals surface area contributed by atoms with E-state index in [0.29, 0.717) is 11.2 Å². The third-order valence-electron chi connectivity index (χ3n) is 2.83. The Balaban J connectivity index is 1.81. The number of hydrogen-bond acceptors (Lipinski definition) is 4. The fourth-order valence-corrected chi connectivity index (χ4v) is 3.61. The highest BCUT2D eigenvalue weighted by Crippen LogP contribution is 2.28. The molecule has 2 unspecified atom stereocenters. The van der Waals surface area contributed by atoms with Crippen LogP contribution in [0.4, 0.5) is 0 Å². The molecule has 3 nitrogen and oxygen atoms in total. The summed E-state index contributed by atoms with van der Waals surface area (Å²) in [6.07, 6.45) is 1.24. The average molecular weight is 293 g/mol. The molecule has 0 aromatic rings. The number of nitrogens with zero attached hydrogens (tertiary/aromatic N) is 2. The molecule has 2 atom stereocenters. The van der Waals surface area contributed by atoms with Crippen LogP contribution in [0.2, 0.25) is 0 Å². The van der Waals surface area contributed by atoms with Crippen LogP contribution in [0.1, 0.15) is 6.42 Å². The third kappa shape index (κ3) is 2.88. The minimum Gasteiger partial charge on any atom is -0.384 e. The van der Waals surface area contributed by atoms with Crippen molar-refractivity contribution >= 4 is 32.9 Å². The molecule has 0 amide bonds. The highest BCUT2D eigenvalue weighted by Gasteiger charge is 2.29. The summed E-state index contributed by atoms with van der Waals surface area (Å²) in [5.41, 5.74) is 0. The molecule has 0 bridgehead atoms. The van der Waals surface area contributed by atoms with Gasteiger partial charge in [0.2, 0.25) is 0 Å². The lowest BCUT2D eigenvalue weighted by atomic mass is 10.1. The van der Waals surface area contributed by atoms with Crippen LogP contribution in [0.25, 0.3) is 0 Å². The summed E-state index contributed by atoms with van der Waals surface area (Å²) in [4.78, 5) is 7.01. The maximum absolute atomic E-state index is 5.20. The molecule has 2 heterocycles. The van der Waals surface area contributed by atoms with E-state index in [-0.39, 0.29) is 0 Å². The number of amidine groups is 1. The standard InChI is InChI=1S/C10H17BrN2OS/c1-14-7-8-2-3-13(6-8)10-12-5-9(4-11)15-10/h8-9H,2-7H2,1H3. The van der Waals surface area contributed by atoms with E-state index in [1.54, 1.807) is 7.11 Å². The van der Waals surface area contributed by atoms with Crippen molar-refractivity contribution in [3.8, 4) is 0 Å². The topological polar surface area (TPSA) is 24.8 Å². The monoisotopic (exact) mass is 292 g/mol.